The Bertz CT molecular complexity index is 323. The Morgan fingerprint density at radius 3 is 2.52 bits per heavy atom. The van der Waals surface area contributed by atoms with Crippen LogP contribution in [-0.2, 0) is 4.79 Å². The molecular weight excluding hydrogens is 260 g/mol. The Kier molecular flexibility index (Phi) is 6.53. The van der Waals surface area contributed by atoms with E-state index < -0.39 is 0 Å². The van der Waals surface area contributed by atoms with Gasteiger partial charge in [0.2, 0.25) is 5.91 Å². The van der Waals surface area contributed by atoms with Crippen molar-refractivity contribution >= 4 is 5.91 Å². The van der Waals surface area contributed by atoms with Crippen molar-refractivity contribution in [3.05, 3.63) is 0 Å². The second-order valence-electron chi connectivity index (χ2n) is 7.66. The van der Waals surface area contributed by atoms with Gasteiger partial charge >= 0.3 is 0 Å². The van der Waals surface area contributed by atoms with Crippen molar-refractivity contribution < 1.29 is 4.79 Å². The minimum Gasteiger partial charge on any atom is -0.341 e. The molecule has 2 unspecified atom stereocenters. The highest BCUT2D eigenvalue weighted by Crippen LogP contribution is 2.25. The van der Waals surface area contributed by atoms with Crippen molar-refractivity contribution in [2.75, 3.05) is 19.6 Å². The summed E-state index contributed by atoms with van der Waals surface area (Å²) < 4.78 is 0. The maximum Gasteiger partial charge on any atom is 0.222 e. The summed E-state index contributed by atoms with van der Waals surface area (Å²) >= 11 is 0. The summed E-state index contributed by atoms with van der Waals surface area (Å²) in [5.74, 6) is 2.38. The normalized spacial score (nSPS) is 27.5. The van der Waals surface area contributed by atoms with Crippen LogP contribution in [0.25, 0.3) is 0 Å². The molecule has 0 radical (unpaired) electrons. The number of nitrogens with one attached hydrogen (secondary N) is 1. The lowest BCUT2D eigenvalue weighted by Gasteiger charge is -2.38. The van der Waals surface area contributed by atoms with E-state index in [9.17, 15) is 4.79 Å². The van der Waals surface area contributed by atoms with Gasteiger partial charge in [-0.1, -0.05) is 40.0 Å². The zero-order chi connectivity index (χ0) is 15.2. The summed E-state index contributed by atoms with van der Waals surface area (Å²) in [6.45, 7) is 9.59. The Labute approximate surface area is 130 Å². The molecule has 0 bridgehead atoms. The van der Waals surface area contributed by atoms with Crippen LogP contribution in [0, 0.1) is 17.8 Å². The van der Waals surface area contributed by atoms with Gasteiger partial charge < -0.3 is 10.2 Å². The molecule has 3 heteroatoms. The number of hydrogen-bond donors (Lipinski definition) is 1. The van der Waals surface area contributed by atoms with Crippen molar-refractivity contribution in [3.63, 3.8) is 0 Å². The molecule has 0 aromatic carbocycles. The zero-order valence-electron chi connectivity index (χ0n) is 14.2. The third-order valence-electron chi connectivity index (χ3n) is 5.22. The Morgan fingerprint density at radius 1 is 1.19 bits per heavy atom. The fourth-order valence-electron chi connectivity index (χ4n) is 3.88. The molecule has 2 atom stereocenters. The minimum absolute atomic E-state index is 0.357. The van der Waals surface area contributed by atoms with E-state index in [-0.39, 0.29) is 0 Å². The molecule has 1 saturated carbocycles. The average molecular weight is 294 g/mol. The Morgan fingerprint density at radius 2 is 1.90 bits per heavy atom. The number of hydrogen-bond acceptors (Lipinski definition) is 2. The topological polar surface area (TPSA) is 32.3 Å². The second kappa shape index (κ2) is 8.17. The molecule has 2 aliphatic rings. The van der Waals surface area contributed by atoms with E-state index in [1.807, 2.05) is 0 Å². The van der Waals surface area contributed by atoms with Gasteiger partial charge in [0.15, 0.2) is 0 Å². The molecule has 21 heavy (non-hydrogen) atoms. The number of nitrogens with zero attached hydrogens (tertiary/aromatic N) is 1. The van der Waals surface area contributed by atoms with Crippen molar-refractivity contribution in [3.8, 4) is 0 Å². The van der Waals surface area contributed by atoms with Gasteiger partial charge in [-0.3, -0.25) is 4.79 Å². The highest BCUT2D eigenvalue weighted by atomic mass is 16.2. The second-order valence-corrected chi connectivity index (χ2v) is 7.66. The maximum absolute atomic E-state index is 12.4. The van der Waals surface area contributed by atoms with Gasteiger partial charge in [-0.15, -0.1) is 0 Å². The summed E-state index contributed by atoms with van der Waals surface area (Å²) in [4.78, 5) is 14.5. The molecule has 2 fully saturated rings. The van der Waals surface area contributed by atoms with Crippen molar-refractivity contribution in [2.45, 2.75) is 71.8 Å². The monoisotopic (exact) mass is 294 g/mol. The first-order chi connectivity index (χ1) is 10.1. The number of carbonyl (C=O) groups is 1. The highest BCUT2D eigenvalue weighted by Gasteiger charge is 2.29. The maximum atomic E-state index is 12.4. The van der Waals surface area contributed by atoms with Gasteiger partial charge in [0, 0.05) is 25.6 Å². The third kappa shape index (κ3) is 5.28. The summed E-state index contributed by atoms with van der Waals surface area (Å²) in [5, 5.41) is 3.77. The van der Waals surface area contributed by atoms with Crippen LogP contribution >= 0.6 is 0 Å². The predicted molar refractivity (Wildman–Crippen MR) is 88.2 cm³/mol. The van der Waals surface area contributed by atoms with Gasteiger partial charge in [0.25, 0.3) is 0 Å². The number of carbonyl (C=O) groups excluding carboxylic acids is 1. The van der Waals surface area contributed by atoms with Crippen LogP contribution in [0.3, 0.4) is 0 Å². The van der Waals surface area contributed by atoms with Gasteiger partial charge in [0.1, 0.15) is 0 Å². The van der Waals surface area contributed by atoms with E-state index in [2.05, 4.69) is 31.0 Å². The highest BCUT2D eigenvalue weighted by molar-refractivity contribution is 5.76. The molecule has 0 spiro atoms. The van der Waals surface area contributed by atoms with Crippen molar-refractivity contribution in [1.82, 2.24) is 10.2 Å². The molecule has 0 aromatic heterocycles. The summed E-state index contributed by atoms with van der Waals surface area (Å²) in [5.41, 5.74) is 0. The standard InChI is InChI=1S/C18H34N2O/c1-4-15-10-17(19-11-16-7-5-6-8-16)13-20(12-15)18(21)9-14(2)3/h14-17,19H,4-13H2,1-3H3. The van der Waals surface area contributed by atoms with Crippen molar-refractivity contribution in [2.24, 2.45) is 17.8 Å². The molecule has 2 rings (SSSR count). The van der Waals surface area contributed by atoms with Crippen molar-refractivity contribution in [1.29, 1.82) is 0 Å². The number of amides is 1. The first-order valence-electron chi connectivity index (χ1n) is 9.09. The van der Waals surface area contributed by atoms with Crippen LogP contribution in [0.2, 0.25) is 0 Å². The van der Waals surface area contributed by atoms with Crippen LogP contribution in [0.5, 0.6) is 0 Å². The number of likely N-dealkylation sites (tertiary alicyclic amines) is 1. The molecule has 1 amide bonds. The summed E-state index contributed by atoms with van der Waals surface area (Å²) in [7, 11) is 0. The molecule has 1 aliphatic carbocycles. The van der Waals surface area contributed by atoms with E-state index in [1.165, 1.54) is 38.5 Å². The van der Waals surface area contributed by atoms with E-state index in [0.29, 0.717) is 30.2 Å². The van der Waals surface area contributed by atoms with E-state index in [1.54, 1.807) is 0 Å². The lowest BCUT2D eigenvalue weighted by atomic mass is 9.91. The third-order valence-corrected chi connectivity index (χ3v) is 5.22. The van der Waals surface area contributed by atoms with E-state index in [4.69, 9.17) is 0 Å². The fourth-order valence-corrected chi connectivity index (χ4v) is 3.88. The molecular formula is C18H34N2O. The number of rotatable bonds is 6. The van der Waals surface area contributed by atoms with E-state index in [0.717, 1.165) is 25.6 Å². The van der Waals surface area contributed by atoms with Gasteiger partial charge in [-0.25, -0.2) is 0 Å². The summed E-state index contributed by atoms with van der Waals surface area (Å²) in [6.07, 6.45) is 8.74. The quantitative estimate of drug-likeness (QED) is 0.814. The largest absolute Gasteiger partial charge is 0.341 e. The van der Waals surface area contributed by atoms with Gasteiger partial charge in [0.05, 0.1) is 0 Å². The number of piperidine rings is 1. The molecule has 1 aliphatic heterocycles. The first-order valence-corrected chi connectivity index (χ1v) is 9.09. The molecule has 122 valence electrons. The van der Waals surface area contributed by atoms with Gasteiger partial charge in [-0.05, 0) is 43.6 Å². The summed E-state index contributed by atoms with van der Waals surface area (Å²) in [6, 6.07) is 0.514. The minimum atomic E-state index is 0.357. The molecule has 3 nitrogen and oxygen atoms in total. The Hall–Kier alpha value is -0.570. The van der Waals surface area contributed by atoms with Crippen LogP contribution in [-0.4, -0.2) is 36.5 Å². The van der Waals surface area contributed by atoms with Crippen LogP contribution in [0.15, 0.2) is 0 Å². The zero-order valence-corrected chi connectivity index (χ0v) is 14.2. The fraction of sp³-hybridized carbons (Fsp3) is 0.944. The smallest absolute Gasteiger partial charge is 0.222 e. The lowest BCUT2D eigenvalue weighted by molar-refractivity contribution is -0.134. The van der Waals surface area contributed by atoms with Crippen LogP contribution in [0.4, 0.5) is 0 Å². The van der Waals surface area contributed by atoms with E-state index >= 15 is 0 Å². The molecule has 1 N–H and O–H groups in total. The molecule has 0 aromatic rings. The molecule has 1 saturated heterocycles. The Balaban J connectivity index is 1.83. The first kappa shape index (κ1) is 16.8. The molecule has 1 heterocycles. The SMILES string of the molecule is CCC1CC(NCC2CCCC2)CN(C(=O)CC(C)C)C1. The van der Waals surface area contributed by atoms with Crippen LogP contribution in [0.1, 0.15) is 65.7 Å². The van der Waals surface area contributed by atoms with Gasteiger partial charge in [-0.2, -0.15) is 0 Å². The van der Waals surface area contributed by atoms with Crippen LogP contribution < -0.4 is 5.32 Å². The predicted octanol–water partition coefficient (Wildman–Crippen LogP) is 3.44. The lowest BCUT2D eigenvalue weighted by Crippen LogP contribution is -2.52. The average Bonchev–Trinajstić information content (AvgIpc) is 2.97.